The van der Waals surface area contributed by atoms with E-state index in [1.54, 1.807) is 12.1 Å². The lowest BCUT2D eigenvalue weighted by molar-refractivity contribution is 0.0602. The summed E-state index contributed by atoms with van der Waals surface area (Å²) in [5.74, 6) is -0.609. The second kappa shape index (κ2) is 4.80. The Morgan fingerprint density at radius 1 is 1.44 bits per heavy atom. The van der Waals surface area contributed by atoms with Gasteiger partial charge < -0.3 is 4.74 Å². The standard InChI is InChI=1S/C10H11NO4S/c1-3-16(13,14)11-9-7-5-4-6-8(9)10(12)15-2/h3-7,11H,1H2,2H3. The number of nitrogens with one attached hydrogen (secondary N) is 1. The van der Waals surface area contributed by atoms with E-state index in [4.69, 9.17) is 0 Å². The summed E-state index contributed by atoms with van der Waals surface area (Å²) in [5, 5.41) is 0.765. The number of ether oxygens (including phenoxy) is 1. The molecule has 0 saturated heterocycles. The molecule has 0 unspecified atom stereocenters. The Morgan fingerprint density at radius 3 is 2.62 bits per heavy atom. The molecule has 0 fully saturated rings. The Morgan fingerprint density at radius 2 is 2.06 bits per heavy atom. The van der Waals surface area contributed by atoms with E-state index in [9.17, 15) is 13.2 Å². The van der Waals surface area contributed by atoms with Gasteiger partial charge in [0, 0.05) is 5.41 Å². The average molecular weight is 241 g/mol. The normalized spacial score (nSPS) is 10.6. The summed E-state index contributed by atoms with van der Waals surface area (Å²) >= 11 is 0. The quantitative estimate of drug-likeness (QED) is 0.808. The maximum atomic E-state index is 11.3. The summed E-state index contributed by atoms with van der Waals surface area (Å²) in [6, 6.07) is 6.14. The van der Waals surface area contributed by atoms with E-state index in [0.717, 1.165) is 5.41 Å². The summed E-state index contributed by atoms with van der Waals surface area (Å²) < 4.78 is 29.2. The molecule has 0 aliphatic rings. The molecule has 0 aromatic heterocycles. The number of rotatable bonds is 4. The molecule has 16 heavy (non-hydrogen) atoms. The number of benzene rings is 1. The van der Waals surface area contributed by atoms with Crippen molar-refractivity contribution in [1.29, 1.82) is 0 Å². The first-order chi connectivity index (χ1) is 7.50. The predicted molar refractivity (Wildman–Crippen MR) is 60.5 cm³/mol. The third-order valence-electron chi connectivity index (χ3n) is 1.80. The van der Waals surface area contributed by atoms with Crippen LogP contribution in [-0.2, 0) is 14.8 Å². The van der Waals surface area contributed by atoms with E-state index in [1.807, 2.05) is 0 Å². The van der Waals surface area contributed by atoms with Gasteiger partial charge in [-0.1, -0.05) is 18.7 Å². The SMILES string of the molecule is C=CS(=O)(=O)Nc1ccccc1C(=O)OC. The molecule has 1 aromatic rings. The lowest BCUT2D eigenvalue weighted by atomic mass is 10.2. The number of methoxy groups -OCH3 is 1. The van der Waals surface area contributed by atoms with Crippen LogP contribution in [0.25, 0.3) is 0 Å². The number of esters is 1. The van der Waals surface area contributed by atoms with Gasteiger partial charge in [-0.3, -0.25) is 4.72 Å². The van der Waals surface area contributed by atoms with Crippen LogP contribution in [0.3, 0.4) is 0 Å². The van der Waals surface area contributed by atoms with E-state index in [1.165, 1.54) is 19.2 Å². The highest BCUT2D eigenvalue weighted by Gasteiger charge is 2.14. The van der Waals surface area contributed by atoms with Gasteiger partial charge in [-0.15, -0.1) is 0 Å². The van der Waals surface area contributed by atoms with Gasteiger partial charge in [0.05, 0.1) is 18.4 Å². The molecule has 1 aromatic carbocycles. The molecule has 0 heterocycles. The minimum atomic E-state index is -3.63. The second-order valence-corrected chi connectivity index (χ2v) is 4.48. The molecule has 0 radical (unpaired) electrons. The van der Waals surface area contributed by atoms with Crippen molar-refractivity contribution in [1.82, 2.24) is 0 Å². The van der Waals surface area contributed by atoms with Gasteiger partial charge in [-0.25, -0.2) is 13.2 Å². The van der Waals surface area contributed by atoms with Crippen molar-refractivity contribution < 1.29 is 17.9 Å². The average Bonchev–Trinajstić information content (AvgIpc) is 2.28. The fraction of sp³-hybridized carbons (Fsp3) is 0.100. The van der Waals surface area contributed by atoms with Crippen LogP contribution in [0.2, 0.25) is 0 Å². The highest BCUT2D eigenvalue weighted by molar-refractivity contribution is 7.95. The number of hydrogen-bond acceptors (Lipinski definition) is 4. The van der Waals surface area contributed by atoms with Crippen LogP contribution < -0.4 is 4.72 Å². The number of carbonyl (C=O) groups excluding carboxylic acids is 1. The molecule has 0 atom stereocenters. The maximum absolute atomic E-state index is 11.3. The first kappa shape index (κ1) is 12.3. The lowest BCUT2D eigenvalue weighted by Crippen LogP contribution is -2.13. The van der Waals surface area contributed by atoms with Gasteiger partial charge in [-0.05, 0) is 12.1 Å². The van der Waals surface area contributed by atoms with Crippen molar-refractivity contribution >= 4 is 21.7 Å². The topological polar surface area (TPSA) is 72.5 Å². The van der Waals surface area contributed by atoms with Gasteiger partial charge in [0.25, 0.3) is 10.0 Å². The van der Waals surface area contributed by atoms with Crippen LogP contribution in [0.15, 0.2) is 36.3 Å². The molecule has 0 bridgehead atoms. The van der Waals surface area contributed by atoms with E-state index in [2.05, 4.69) is 16.0 Å². The molecule has 0 aliphatic carbocycles. The summed E-state index contributed by atoms with van der Waals surface area (Å²) in [7, 11) is -2.41. The van der Waals surface area contributed by atoms with E-state index >= 15 is 0 Å². The van der Waals surface area contributed by atoms with E-state index in [0.29, 0.717) is 0 Å². The molecule has 0 saturated carbocycles. The van der Waals surface area contributed by atoms with Gasteiger partial charge in [0.2, 0.25) is 0 Å². The Bertz CT molecular complexity index is 507. The zero-order valence-electron chi connectivity index (χ0n) is 8.64. The van der Waals surface area contributed by atoms with Crippen molar-refractivity contribution in [2.75, 3.05) is 11.8 Å². The maximum Gasteiger partial charge on any atom is 0.339 e. The smallest absolute Gasteiger partial charge is 0.339 e. The molecule has 6 heteroatoms. The summed E-state index contributed by atoms with van der Waals surface area (Å²) in [5.41, 5.74) is 0.310. The number of hydrogen-bond donors (Lipinski definition) is 1. The van der Waals surface area contributed by atoms with Crippen LogP contribution in [0.5, 0.6) is 0 Å². The van der Waals surface area contributed by atoms with Crippen LogP contribution in [-0.4, -0.2) is 21.5 Å². The summed E-state index contributed by atoms with van der Waals surface area (Å²) in [4.78, 5) is 11.3. The molecule has 86 valence electrons. The van der Waals surface area contributed by atoms with Crippen molar-refractivity contribution in [3.63, 3.8) is 0 Å². The molecule has 1 N–H and O–H groups in total. The third kappa shape index (κ3) is 2.83. The molecule has 0 aliphatic heterocycles. The number of anilines is 1. The third-order valence-corrected chi connectivity index (χ3v) is 2.75. The second-order valence-electron chi connectivity index (χ2n) is 2.85. The zero-order valence-corrected chi connectivity index (χ0v) is 9.45. The van der Waals surface area contributed by atoms with Crippen LogP contribution >= 0.6 is 0 Å². The van der Waals surface area contributed by atoms with Gasteiger partial charge in [0.15, 0.2) is 0 Å². The largest absolute Gasteiger partial charge is 0.465 e. The Labute approximate surface area is 93.8 Å². The Hall–Kier alpha value is -1.82. The fourth-order valence-electron chi connectivity index (χ4n) is 1.06. The summed E-state index contributed by atoms with van der Waals surface area (Å²) in [6.07, 6.45) is 0. The van der Waals surface area contributed by atoms with Gasteiger partial charge in [-0.2, -0.15) is 0 Å². The molecule has 5 nitrogen and oxygen atoms in total. The van der Waals surface area contributed by atoms with Crippen molar-refractivity contribution in [2.24, 2.45) is 0 Å². The van der Waals surface area contributed by atoms with E-state index in [-0.39, 0.29) is 11.3 Å². The Balaban J connectivity index is 3.14. The van der Waals surface area contributed by atoms with E-state index < -0.39 is 16.0 Å². The number of carbonyl (C=O) groups is 1. The minimum Gasteiger partial charge on any atom is -0.465 e. The van der Waals surface area contributed by atoms with Crippen LogP contribution in [0, 0.1) is 0 Å². The molecular weight excluding hydrogens is 230 g/mol. The predicted octanol–water partition coefficient (Wildman–Crippen LogP) is 1.36. The summed E-state index contributed by atoms with van der Waals surface area (Å²) in [6.45, 7) is 3.16. The lowest BCUT2D eigenvalue weighted by Gasteiger charge is -2.08. The van der Waals surface area contributed by atoms with Crippen LogP contribution in [0.1, 0.15) is 10.4 Å². The highest BCUT2D eigenvalue weighted by atomic mass is 32.2. The number of sulfonamides is 1. The molecule has 0 amide bonds. The highest BCUT2D eigenvalue weighted by Crippen LogP contribution is 2.17. The van der Waals surface area contributed by atoms with Crippen molar-refractivity contribution in [2.45, 2.75) is 0 Å². The number of para-hydroxylation sites is 1. The van der Waals surface area contributed by atoms with Crippen molar-refractivity contribution in [3.8, 4) is 0 Å². The van der Waals surface area contributed by atoms with Crippen molar-refractivity contribution in [3.05, 3.63) is 41.8 Å². The zero-order chi connectivity index (χ0) is 12.2. The van der Waals surface area contributed by atoms with Gasteiger partial charge >= 0.3 is 5.97 Å². The van der Waals surface area contributed by atoms with Gasteiger partial charge in [0.1, 0.15) is 0 Å². The first-order valence-electron chi connectivity index (χ1n) is 4.33. The van der Waals surface area contributed by atoms with Crippen LogP contribution in [0.4, 0.5) is 5.69 Å². The molecule has 0 spiro atoms. The Kier molecular flexibility index (Phi) is 3.68. The molecule has 1 rings (SSSR count). The molecular formula is C10H11NO4S. The minimum absolute atomic E-state index is 0.149. The fourth-order valence-corrected chi connectivity index (χ4v) is 1.62. The monoisotopic (exact) mass is 241 g/mol. The first-order valence-corrected chi connectivity index (χ1v) is 5.87.